The van der Waals surface area contributed by atoms with Gasteiger partial charge in [-0.25, -0.2) is 0 Å². The first-order chi connectivity index (χ1) is 9.08. The number of allylic oxidation sites excluding steroid dienone is 4. The third-order valence-corrected chi connectivity index (χ3v) is 3.57. The lowest BCUT2D eigenvalue weighted by atomic mass is 9.74. The largest absolute Gasteiger partial charge is 0.461 e. The summed E-state index contributed by atoms with van der Waals surface area (Å²) in [5, 5.41) is 0. The minimum Gasteiger partial charge on any atom is -0.461 e. The first kappa shape index (κ1) is 13.6. The molecule has 0 N–H and O–H groups in total. The highest BCUT2D eigenvalue weighted by Crippen LogP contribution is 2.34. The lowest BCUT2D eigenvalue weighted by Crippen LogP contribution is -2.25. The summed E-state index contributed by atoms with van der Waals surface area (Å²) < 4.78 is 5.33. The van der Waals surface area contributed by atoms with Crippen LogP contribution in [0.5, 0.6) is 0 Å². The number of ether oxygens (including phenoxy) is 1. The second-order valence-corrected chi connectivity index (χ2v) is 5.52. The number of hydrogen-bond acceptors (Lipinski definition) is 2. The van der Waals surface area contributed by atoms with Crippen molar-refractivity contribution in [3.05, 3.63) is 60.2 Å². The zero-order chi connectivity index (χ0) is 13.7. The topological polar surface area (TPSA) is 26.3 Å². The SMILES string of the molecule is CC1(C)C=CC=CC1CC(=O)OCc1ccccc1. The summed E-state index contributed by atoms with van der Waals surface area (Å²) >= 11 is 0. The van der Waals surface area contributed by atoms with Crippen molar-refractivity contribution >= 4 is 5.97 Å². The molecular formula is C17H20O2. The van der Waals surface area contributed by atoms with Crippen LogP contribution >= 0.6 is 0 Å². The zero-order valence-corrected chi connectivity index (χ0v) is 11.5. The molecule has 1 aromatic rings. The molecular weight excluding hydrogens is 236 g/mol. The van der Waals surface area contributed by atoms with Gasteiger partial charge in [0.15, 0.2) is 0 Å². The predicted octanol–water partition coefficient (Wildman–Crippen LogP) is 3.89. The predicted molar refractivity (Wildman–Crippen MR) is 76.4 cm³/mol. The van der Waals surface area contributed by atoms with Gasteiger partial charge in [0.2, 0.25) is 0 Å². The van der Waals surface area contributed by atoms with Crippen molar-refractivity contribution in [1.29, 1.82) is 0 Å². The molecule has 0 radical (unpaired) electrons. The molecule has 1 aliphatic rings. The third-order valence-electron chi connectivity index (χ3n) is 3.57. The lowest BCUT2D eigenvalue weighted by Gasteiger charge is -2.30. The van der Waals surface area contributed by atoms with Crippen molar-refractivity contribution < 1.29 is 9.53 Å². The van der Waals surface area contributed by atoms with Crippen LogP contribution in [-0.4, -0.2) is 5.97 Å². The molecule has 100 valence electrons. The Bertz CT molecular complexity index is 483. The highest BCUT2D eigenvalue weighted by atomic mass is 16.5. The summed E-state index contributed by atoms with van der Waals surface area (Å²) in [4.78, 5) is 11.9. The summed E-state index contributed by atoms with van der Waals surface area (Å²) in [5.41, 5.74) is 1.04. The number of hydrogen-bond donors (Lipinski definition) is 0. The third kappa shape index (κ3) is 3.82. The second-order valence-electron chi connectivity index (χ2n) is 5.52. The lowest BCUT2D eigenvalue weighted by molar-refractivity contribution is -0.146. The van der Waals surface area contributed by atoms with Gasteiger partial charge < -0.3 is 4.74 Å². The molecule has 2 rings (SSSR count). The quantitative estimate of drug-likeness (QED) is 0.764. The van der Waals surface area contributed by atoms with Crippen LogP contribution in [-0.2, 0) is 16.1 Å². The molecule has 0 aromatic heterocycles. The minimum atomic E-state index is -0.137. The maximum atomic E-state index is 11.9. The van der Waals surface area contributed by atoms with Gasteiger partial charge in [0.25, 0.3) is 0 Å². The van der Waals surface area contributed by atoms with Crippen molar-refractivity contribution in [2.24, 2.45) is 11.3 Å². The van der Waals surface area contributed by atoms with Gasteiger partial charge in [-0.15, -0.1) is 0 Å². The monoisotopic (exact) mass is 256 g/mol. The number of benzene rings is 1. The van der Waals surface area contributed by atoms with E-state index in [2.05, 4.69) is 26.0 Å². The van der Waals surface area contributed by atoms with Crippen LogP contribution in [0.2, 0.25) is 0 Å². The fraction of sp³-hybridized carbons (Fsp3) is 0.353. The Morgan fingerprint density at radius 1 is 1.21 bits per heavy atom. The van der Waals surface area contributed by atoms with Crippen LogP contribution in [0.15, 0.2) is 54.6 Å². The van der Waals surface area contributed by atoms with Crippen LogP contribution in [0.3, 0.4) is 0 Å². The molecule has 0 saturated carbocycles. The Morgan fingerprint density at radius 3 is 2.63 bits per heavy atom. The molecule has 0 saturated heterocycles. The zero-order valence-electron chi connectivity index (χ0n) is 11.5. The summed E-state index contributed by atoms with van der Waals surface area (Å²) in [7, 11) is 0. The second kappa shape index (κ2) is 5.87. The fourth-order valence-corrected chi connectivity index (χ4v) is 2.18. The average molecular weight is 256 g/mol. The summed E-state index contributed by atoms with van der Waals surface area (Å²) in [6.45, 7) is 4.64. The molecule has 0 spiro atoms. The van der Waals surface area contributed by atoms with Crippen molar-refractivity contribution in [2.75, 3.05) is 0 Å². The Kier molecular flexibility index (Phi) is 4.20. The van der Waals surface area contributed by atoms with Crippen LogP contribution in [0.4, 0.5) is 0 Å². The molecule has 1 unspecified atom stereocenters. The number of esters is 1. The summed E-state index contributed by atoms with van der Waals surface area (Å²) in [6.07, 6.45) is 8.69. The summed E-state index contributed by atoms with van der Waals surface area (Å²) in [5.74, 6) is 0.0719. The first-order valence-corrected chi connectivity index (χ1v) is 6.63. The Balaban J connectivity index is 1.85. The molecule has 1 aliphatic carbocycles. The van der Waals surface area contributed by atoms with Gasteiger partial charge in [-0.2, -0.15) is 0 Å². The summed E-state index contributed by atoms with van der Waals surface area (Å²) in [6, 6.07) is 9.76. The minimum absolute atomic E-state index is 0.0144. The standard InChI is InChI=1S/C17H20O2/c1-17(2)11-7-6-10-15(17)12-16(18)19-13-14-8-4-3-5-9-14/h3-11,15H,12-13H2,1-2H3. The van der Waals surface area contributed by atoms with Gasteiger partial charge in [-0.1, -0.05) is 68.5 Å². The first-order valence-electron chi connectivity index (χ1n) is 6.63. The van der Waals surface area contributed by atoms with Crippen molar-refractivity contribution in [1.82, 2.24) is 0 Å². The van der Waals surface area contributed by atoms with Crippen molar-refractivity contribution in [3.8, 4) is 0 Å². The smallest absolute Gasteiger partial charge is 0.306 e. The van der Waals surface area contributed by atoms with Crippen LogP contribution in [0.1, 0.15) is 25.8 Å². The number of carbonyl (C=O) groups is 1. The molecule has 1 atom stereocenters. The van der Waals surface area contributed by atoms with Crippen molar-refractivity contribution in [2.45, 2.75) is 26.9 Å². The van der Waals surface area contributed by atoms with E-state index < -0.39 is 0 Å². The van der Waals surface area contributed by atoms with E-state index in [1.165, 1.54) is 0 Å². The van der Waals surface area contributed by atoms with Gasteiger partial charge in [-0.05, 0) is 16.9 Å². The van der Waals surface area contributed by atoms with E-state index in [0.29, 0.717) is 13.0 Å². The number of carbonyl (C=O) groups excluding carboxylic acids is 1. The molecule has 1 aromatic carbocycles. The molecule has 0 bridgehead atoms. The molecule has 0 heterocycles. The van der Waals surface area contributed by atoms with Crippen LogP contribution in [0.25, 0.3) is 0 Å². The van der Waals surface area contributed by atoms with Gasteiger partial charge in [-0.3, -0.25) is 4.79 Å². The molecule has 2 heteroatoms. The normalized spacial score (nSPS) is 20.2. The van der Waals surface area contributed by atoms with Gasteiger partial charge in [0.1, 0.15) is 6.61 Å². The van der Waals surface area contributed by atoms with Gasteiger partial charge in [0, 0.05) is 0 Å². The maximum absolute atomic E-state index is 11.9. The molecule has 0 amide bonds. The van der Waals surface area contributed by atoms with E-state index in [4.69, 9.17) is 4.74 Å². The Morgan fingerprint density at radius 2 is 1.95 bits per heavy atom. The molecule has 0 aliphatic heterocycles. The van der Waals surface area contributed by atoms with Gasteiger partial charge >= 0.3 is 5.97 Å². The van der Waals surface area contributed by atoms with E-state index in [1.807, 2.05) is 42.5 Å². The molecule has 0 fully saturated rings. The van der Waals surface area contributed by atoms with Gasteiger partial charge in [0.05, 0.1) is 6.42 Å². The molecule has 19 heavy (non-hydrogen) atoms. The van der Waals surface area contributed by atoms with Crippen LogP contribution < -0.4 is 0 Å². The van der Waals surface area contributed by atoms with E-state index in [9.17, 15) is 4.79 Å². The van der Waals surface area contributed by atoms with Crippen LogP contribution in [0, 0.1) is 11.3 Å². The van der Waals surface area contributed by atoms with E-state index in [1.54, 1.807) is 0 Å². The van der Waals surface area contributed by atoms with Crippen molar-refractivity contribution in [3.63, 3.8) is 0 Å². The fourth-order valence-electron chi connectivity index (χ4n) is 2.18. The highest BCUT2D eigenvalue weighted by molar-refractivity contribution is 5.70. The Hall–Kier alpha value is -1.83. The average Bonchev–Trinajstić information content (AvgIpc) is 2.40. The van der Waals surface area contributed by atoms with E-state index in [0.717, 1.165) is 5.56 Å². The molecule has 2 nitrogen and oxygen atoms in total. The number of rotatable bonds is 4. The van der Waals surface area contributed by atoms with E-state index in [-0.39, 0.29) is 17.3 Å². The maximum Gasteiger partial charge on any atom is 0.306 e. The van der Waals surface area contributed by atoms with E-state index >= 15 is 0 Å². The highest BCUT2D eigenvalue weighted by Gasteiger charge is 2.28. The Labute approximate surface area is 114 Å².